The Hall–Kier alpha value is -0.900. The van der Waals surface area contributed by atoms with E-state index >= 15 is 0 Å². The number of pyridine rings is 1. The fourth-order valence-electron chi connectivity index (χ4n) is 0.908. The van der Waals surface area contributed by atoms with Crippen molar-refractivity contribution in [3.05, 3.63) is 28.0 Å². The zero-order valence-electron chi connectivity index (χ0n) is 7.50. The molecule has 0 aliphatic carbocycles. The molecule has 0 atom stereocenters. The molecule has 0 saturated heterocycles. The van der Waals surface area contributed by atoms with E-state index in [1.165, 1.54) is 0 Å². The quantitative estimate of drug-likeness (QED) is 0.749. The highest BCUT2D eigenvalue weighted by Gasteiger charge is 2.10. The van der Waals surface area contributed by atoms with E-state index < -0.39 is 0 Å². The molecule has 0 radical (unpaired) electrons. The Morgan fingerprint density at radius 3 is 3.00 bits per heavy atom. The Bertz CT molecular complexity index is 325. The van der Waals surface area contributed by atoms with E-state index in [0.29, 0.717) is 16.6 Å². The van der Waals surface area contributed by atoms with Gasteiger partial charge in [0.25, 0.3) is 0 Å². The van der Waals surface area contributed by atoms with Gasteiger partial charge in [-0.1, -0.05) is 0 Å². The van der Waals surface area contributed by atoms with Crippen molar-refractivity contribution in [2.75, 3.05) is 6.61 Å². The maximum absolute atomic E-state index is 11.3. The van der Waals surface area contributed by atoms with E-state index in [4.69, 9.17) is 4.74 Å². The van der Waals surface area contributed by atoms with Crippen LogP contribution in [0.5, 0.6) is 0 Å². The molecule has 0 aliphatic heterocycles. The number of hydrogen-bond acceptors (Lipinski definition) is 3. The minimum Gasteiger partial charge on any atom is -0.462 e. The Balaban J connectivity index is 2.99. The molecule has 13 heavy (non-hydrogen) atoms. The Labute approximate surface area is 85.3 Å². The molecule has 1 aromatic heterocycles. The lowest BCUT2D eigenvalue weighted by atomic mass is 10.2. The standard InChI is InChI=1S/C9H10BrNO2/c1-3-13-9(12)7-4-6(2)11-5-8(7)10/h4-5H,3H2,1-2H3. The largest absolute Gasteiger partial charge is 0.462 e. The van der Waals surface area contributed by atoms with Gasteiger partial charge in [0, 0.05) is 11.9 Å². The summed E-state index contributed by atoms with van der Waals surface area (Å²) in [5, 5.41) is 0. The SMILES string of the molecule is CCOC(=O)c1cc(C)ncc1Br. The highest BCUT2D eigenvalue weighted by Crippen LogP contribution is 2.16. The van der Waals surface area contributed by atoms with Gasteiger partial charge >= 0.3 is 5.97 Å². The molecule has 0 aliphatic rings. The summed E-state index contributed by atoms with van der Waals surface area (Å²) in [5.74, 6) is -0.320. The summed E-state index contributed by atoms with van der Waals surface area (Å²) in [4.78, 5) is 15.4. The van der Waals surface area contributed by atoms with Crippen LogP contribution in [-0.4, -0.2) is 17.6 Å². The first-order valence-corrected chi connectivity index (χ1v) is 4.73. The smallest absolute Gasteiger partial charge is 0.339 e. The molecule has 0 saturated carbocycles. The van der Waals surface area contributed by atoms with E-state index in [1.54, 1.807) is 19.2 Å². The molecule has 70 valence electrons. The van der Waals surface area contributed by atoms with Crippen LogP contribution in [0.2, 0.25) is 0 Å². The molecule has 0 amide bonds. The van der Waals surface area contributed by atoms with Gasteiger partial charge in [-0.15, -0.1) is 0 Å². The monoisotopic (exact) mass is 243 g/mol. The van der Waals surface area contributed by atoms with Gasteiger partial charge in [-0.3, -0.25) is 4.98 Å². The lowest BCUT2D eigenvalue weighted by Gasteiger charge is -2.03. The molecule has 0 bridgehead atoms. The van der Waals surface area contributed by atoms with E-state index in [0.717, 1.165) is 5.69 Å². The third-order valence-corrected chi connectivity index (χ3v) is 2.12. The number of carbonyl (C=O) groups excluding carboxylic acids is 1. The van der Waals surface area contributed by atoms with E-state index in [-0.39, 0.29) is 5.97 Å². The number of aromatic nitrogens is 1. The van der Waals surface area contributed by atoms with Gasteiger partial charge in [-0.2, -0.15) is 0 Å². The first-order chi connectivity index (χ1) is 6.15. The molecular weight excluding hydrogens is 234 g/mol. The number of aryl methyl sites for hydroxylation is 1. The van der Waals surface area contributed by atoms with Gasteiger partial charge in [0.05, 0.1) is 16.6 Å². The van der Waals surface area contributed by atoms with Crippen LogP contribution >= 0.6 is 15.9 Å². The van der Waals surface area contributed by atoms with Crippen molar-refractivity contribution in [2.24, 2.45) is 0 Å². The zero-order chi connectivity index (χ0) is 9.84. The Kier molecular flexibility index (Phi) is 3.42. The molecule has 0 N–H and O–H groups in total. The third kappa shape index (κ3) is 2.52. The van der Waals surface area contributed by atoms with Gasteiger partial charge in [0.1, 0.15) is 0 Å². The molecule has 3 nitrogen and oxygen atoms in total. The summed E-state index contributed by atoms with van der Waals surface area (Å²) >= 11 is 3.24. The van der Waals surface area contributed by atoms with Crippen molar-refractivity contribution < 1.29 is 9.53 Å². The Morgan fingerprint density at radius 1 is 1.69 bits per heavy atom. The van der Waals surface area contributed by atoms with Crippen LogP contribution in [0.1, 0.15) is 23.0 Å². The summed E-state index contributed by atoms with van der Waals surface area (Å²) in [6.45, 7) is 3.99. The molecule has 1 heterocycles. The van der Waals surface area contributed by atoms with Crippen molar-refractivity contribution in [1.82, 2.24) is 4.98 Å². The van der Waals surface area contributed by atoms with Gasteiger partial charge < -0.3 is 4.74 Å². The molecule has 0 aromatic carbocycles. The van der Waals surface area contributed by atoms with E-state index in [9.17, 15) is 4.79 Å². The molecule has 1 aromatic rings. The first kappa shape index (κ1) is 10.2. The van der Waals surface area contributed by atoms with Gasteiger partial charge in [-0.05, 0) is 35.8 Å². The maximum atomic E-state index is 11.3. The number of hydrogen-bond donors (Lipinski definition) is 0. The minimum absolute atomic E-state index is 0.320. The summed E-state index contributed by atoms with van der Waals surface area (Å²) in [6, 6.07) is 1.70. The van der Waals surface area contributed by atoms with Crippen LogP contribution in [0, 0.1) is 6.92 Å². The van der Waals surface area contributed by atoms with Gasteiger partial charge in [0.15, 0.2) is 0 Å². The lowest BCUT2D eigenvalue weighted by molar-refractivity contribution is 0.0525. The number of ether oxygens (including phenoxy) is 1. The molecule has 0 unspecified atom stereocenters. The molecule has 1 rings (SSSR count). The predicted octanol–water partition coefficient (Wildman–Crippen LogP) is 2.33. The average molecular weight is 244 g/mol. The number of halogens is 1. The van der Waals surface area contributed by atoms with Crippen molar-refractivity contribution >= 4 is 21.9 Å². The number of esters is 1. The lowest BCUT2D eigenvalue weighted by Crippen LogP contribution is -2.06. The molecular formula is C9H10BrNO2. The fraction of sp³-hybridized carbons (Fsp3) is 0.333. The van der Waals surface area contributed by atoms with Crippen LogP contribution in [0.15, 0.2) is 16.7 Å². The van der Waals surface area contributed by atoms with Crippen molar-refractivity contribution in [3.63, 3.8) is 0 Å². The normalized spacial score (nSPS) is 9.77. The second-order valence-corrected chi connectivity index (χ2v) is 3.38. The summed E-state index contributed by atoms with van der Waals surface area (Å²) in [7, 11) is 0. The summed E-state index contributed by atoms with van der Waals surface area (Å²) in [6.07, 6.45) is 1.60. The predicted molar refractivity (Wildman–Crippen MR) is 52.6 cm³/mol. The Morgan fingerprint density at radius 2 is 2.38 bits per heavy atom. The minimum atomic E-state index is -0.320. The number of rotatable bonds is 2. The first-order valence-electron chi connectivity index (χ1n) is 3.94. The highest BCUT2D eigenvalue weighted by atomic mass is 79.9. The molecule has 0 fully saturated rings. The maximum Gasteiger partial charge on any atom is 0.339 e. The second-order valence-electron chi connectivity index (χ2n) is 2.53. The van der Waals surface area contributed by atoms with Gasteiger partial charge in [0.2, 0.25) is 0 Å². The van der Waals surface area contributed by atoms with Crippen LogP contribution in [0.25, 0.3) is 0 Å². The topological polar surface area (TPSA) is 39.2 Å². The molecule has 0 spiro atoms. The van der Waals surface area contributed by atoms with Crippen LogP contribution in [-0.2, 0) is 4.74 Å². The third-order valence-electron chi connectivity index (χ3n) is 1.49. The second kappa shape index (κ2) is 4.37. The highest BCUT2D eigenvalue weighted by molar-refractivity contribution is 9.10. The summed E-state index contributed by atoms with van der Waals surface area (Å²) in [5.41, 5.74) is 1.32. The van der Waals surface area contributed by atoms with Gasteiger partial charge in [-0.25, -0.2) is 4.79 Å². The van der Waals surface area contributed by atoms with Crippen molar-refractivity contribution in [2.45, 2.75) is 13.8 Å². The summed E-state index contributed by atoms with van der Waals surface area (Å²) < 4.78 is 5.53. The van der Waals surface area contributed by atoms with E-state index in [2.05, 4.69) is 20.9 Å². The van der Waals surface area contributed by atoms with Crippen molar-refractivity contribution in [1.29, 1.82) is 0 Å². The number of carbonyl (C=O) groups is 1. The number of nitrogens with zero attached hydrogens (tertiary/aromatic N) is 1. The van der Waals surface area contributed by atoms with Crippen LogP contribution < -0.4 is 0 Å². The molecule has 4 heteroatoms. The van der Waals surface area contributed by atoms with Crippen LogP contribution in [0.4, 0.5) is 0 Å². The van der Waals surface area contributed by atoms with E-state index in [1.807, 2.05) is 6.92 Å². The zero-order valence-corrected chi connectivity index (χ0v) is 9.09. The van der Waals surface area contributed by atoms with Crippen LogP contribution in [0.3, 0.4) is 0 Å². The fourth-order valence-corrected chi connectivity index (χ4v) is 1.29. The average Bonchev–Trinajstić information content (AvgIpc) is 2.09. The van der Waals surface area contributed by atoms with Crippen molar-refractivity contribution in [3.8, 4) is 0 Å².